The lowest BCUT2D eigenvalue weighted by Gasteiger charge is -2.17. The predicted molar refractivity (Wildman–Crippen MR) is 71.7 cm³/mol. The first-order chi connectivity index (χ1) is 7.62. The van der Waals surface area contributed by atoms with Crippen LogP contribution in [-0.4, -0.2) is 14.8 Å². The first kappa shape index (κ1) is 13.2. The number of aromatic nitrogens is 2. The summed E-state index contributed by atoms with van der Waals surface area (Å²) in [5, 5.41) is 4.63. The summed E-state index contributed by atoms with van der Waals surface area (Å²) in [5.41, 5.74) is 8.06. The maximum atomic E-state index is 5.63. The predicted octanol–water partition coefficient (Wildman–Crippen LogP) is 2.64. The molecule has 0 aliphatic heterocycles. The summed E-state index contributed by atoms with van der Waals surface area (Å²) < 4.78 is 2.11. The molecule has 1 aromatic rings. The average molecular weight is 239 g/mol. The van der Waals surface area contributed by atoms with Gasteiger partial charge in [0, 0.05) is 12.1 Å². The molecule has 0 saturated heterocycles. The number of hydrogen-bond donors (Lipinski definition) is 1. The number of aryl methyl sites for hydroxylation is 2. The minimum absolute atomic E-state index is 0.313. The molecule has 4 heteroatoms. The highest BCUT2D eigenvalue weighted by Gasteiger charge is 2.15. The molecule has 1 aromatic heterocycles. The largest absolute Gasteiger partial charge is 0.393 e. The smallest absolute Gasteiger partial charge is 0.0748 e. The van der Waals surface area contributed by atoms with E-state index in [-0.39, 0.29) is 0 Å². The first-order valence-electron chi connectivity index (χ1n) is 5.97. The quantitative estimate of drug-likeness (QED) is 0.776. The van der Waals surface area contributed by atoms with Gasteiger partial charge in [-0.05, 0) is 25.3 Å². The van der Waals surface area contributed by atoms with Crippen LogP contribution in [0.2, 0.25) is 0 Å². The van der Waals surface area contributed by atoms with Gasteiger partial charge >= 0.3 is 0 Å². The van der Waals surface area contributed by atoms with Gasteiger partial charge in [-0.3, -0.25) is 4.68 Å². The highest BCUT2D eigenvalue weighted by Crippen LogP contribution is 2.19. The van der Waals surface area contributed by atoms with Crippen LogP contribution in [0.5, 0.6) is 0 Å². The Morgan fingerprint density at radius 2 is 2.12 bits per heavy atom. The lowest BCUT2D eigenvalue weighted by molar-refractivity contribution is 0.437. The number of nitrogens with two attached hydrogens (primary N) is 1. The zero-order valence-corrected chi connectivity index (χ0v) is 11.2. The minimum Gasteiger partial charge on any atom is -0.393 e. The normalized spacial score (nSPS) is 12.7. The van der Waals surface area contributed by atoms with Crippen molar-refractivity contribution in [2.45, 2.75) is 52.5 Å². The van der Waals surface area contributed by atoms with Crippen LogP contribution in [0.3, 0.4) is 0 Å². The molecule has 0 aromatic carbocycles. The van der Waals surface area contributed by atoms with Crippen molar-refractivity contribution < 1.29 is 0 Å². The lowest BCUT2D eigenvalue weighted by Crippen LogP contribution is -2.20. The number of nitrogens with zero attached hydrogens (tertiary/aromatic N) is 2. The second-order valence-electron chi connectivity index (χ2n) is 4.01. The fourth-order valence-electron chi connectivity index (χ4n) is 1.88. The van der Waals surface area contributed by atoms with E-state index in [2.05, 4.69) is 36.6 Å². The number of thiocarbonyl (C=S) groups is 1. The van der Waals surface area contributed by atoms with Crippen molar-refractivity contribution in [3.63, 3.8) is 0 Å². The topological polar surface area (TPSA) is 43.8 Å². The second kappa shape index (κ2) is 5.99. The van der Waals surface area contributed by atoms with E-state index in [1.165, 1.54) is 5.69 Å². The van der Waals surface area contributed by atoms with E-state index < -0.39 is 0 Å². The summed E-state index contributed by atoms with van der Waals surface area (Å²) in [7, 11) is 0. The van der Waals surface area contributed by atoms with E-state index in [0.29, 0.717) is 11.0 Å². The zero-order chi connectivity index (χ0) is 12.1. The maximum Gasteiger partial charge on any atom is 0.0748 e. The van der Waals surface area contributed by atoms with E-state index in [1.54, 1.807) is 0 Å². The molecule has 2 N–H and O–H groups in total. The highest BCUT2D eigenvalue weighted by atomic mass is 32.1. The molecule has 0 bridgehead atoms. The Kier molecular flexibility index (Phi) is 4.93. The van der Waals surface area contributed by atoms with Crippen molar-refractivity contribution >= 4 is 17.2 Å². The van der Waals surface area contributed by atoms with Crippen LogP contribution in [0.15, 0.2) is 6.07 Å². The average Bonchev–Trinajstić information content (AvgIpc) is 2.68. The molecule has 0 fully saturated rings. The van der Waals surface area contributed by atoms with Crippen LogP contribution in [0.25, 0.3) is 0 Å². The van der Waals surface area contributed by atoms with Gasteiger partial charge in [0.25, 0.3) is 0 Å². The van der Waals surface area contributed by atoms with Crippen molar-refractivity contribution in [2.75, 3.05) is 0 Å². The zero-order valence-electron chi connectivity index (χ0n) is 10.4. The summed E-state index contributed by atoms with van der Waals surface area (Å²) in [5.74, 6) is 0. The van der Waals surface area contributed by atoms with Crippen LogP contribution in [0, 0.1) is 0 Å². The molecular formula is C12H21N3S. The molecule has 0 amide bonds. The van der Waals surface area contributed by atoms with E-state index in [9.17, 15) is 0 Å². The molecule has 16 heavy (non-hydrogen) atoms. The lowest BCUT2D eigenvalue weighted by atomic mass is 10.1. The first-order valence-corrected chi connectivity index (χ1v) is 6.38. The van der Waals surface area contributed by atoms with Crippen molar-refractivity contribution in [1.82, 2.24) is 9.78 Å². The third-order valence-electron chi connectivity index (χ3n) is 2.84. The van der Waals surface area contributed by atoms with E-state index >= 15 is 0 Å². The van der Waals surface area contributed by atoms with Gasteiger partial charge in [-0.1, -0.05) is 33.0 Å². The van der Waals surface area contributed by atoms with Crippen LogP contribution >= 0.6 is 12.2 Å². The summed E-state index contributed by atoms with van der Waals surface area (Å²) >= 11 is 4.99. The Balaban J connectivity index is 2.97. The summed E-state index contributed by atoms with van der Waals surface area (Å²) in [4.78, 5) is 0.572. The van der Waals surface area contributed by atoms with E-state index in [1.807, 2.05) is 0 Å². The Hall–Kier alpha value is -0.900. The standard InChI is InChI=1S/C12H21N3S/c1-4-9-7-10(5-2)15(14-9)11(6-3)8-12(13)16/h7,11H,4-6,8H2,1-3H3,(H2,13,16). The third-order valence-corrected chi connectivity index (χ3v) is 3.01. The van der Waals surface area contributed by atoms with Crippen molar-refractivity contribution in [1.29, 1.82) is 0 Å². The third kappa shape index (κ3) is 3.04. The summed E-state index contributed by atoms with van der Waals surface area (Å²) in [6.07, 6.45) is 3.73. The summed E-state index contributed by atoms with van der Waals surface area (Å²) in [6.45, 7) is 6.43. The van der Waals surface area contributed by atoms with Gasteiger partial charge in [0.2, 0.25) is 0 Å². The Morgan fingerprint density at radius 1 is 1.44 bits per heavy atom. The molecule has 1 atom stereocenters. The van der Waals surface area contributed by atoms with E-state index in [4.69, 9.17) is 18.0 Å². The highest BCUT2D eigenvalue weighted by molar-refractivity contribution is 7.80. The molecule has 0 aliphatic rings. The van der Waals surface area contributed by atoms with Gasteiger partial charge in [-0.25, -0.2) is 0 Å². The molecule has 1 unspecified atom stereocenters. The van der Waals surface area contributed by atoms with Gasteiger partial charge in [0.15, 0.2) is 0 Å². The van der Waals surface area contributed by atoms with Crippen LogP contribution in [0.4, 0.5) is 0 Å². The van der Waals surface area contributed by atoms with Crippen molar-refractivity contribution in [2.24, 2.45) is 5.73 Å². The van der Waals surface area contributed by atoms with Crippen molar-refractivity contribution in [3.05, 3.63) is 17.5 Å². The van der Waals surface area contributed by atoms with Gasteiger partial charge in [0.1, 0.15) is 0 Å². The Bertz CT molecular complexity index is 357. The number of hydrogen-bond acceptors (Lipinski definition) is 2. The molecule has 3 nitrogen and oxygen atoms in total. The van der Waals surface area contributed by atoms with Gasteiger partial charge < -0.3 is 5.73 Å². The Labute approximate surface area is 103 Å². The fraction of sp³-hybridized carbons (Fsp3) is 0.667. The molecule has 0 radical (unpaired) electrons. The van der Waals surface area contributed by atoms with Gasteiger partial charge in [-0.15, -0.1) is 0 Å². The Morgan fingerprint density at radius 3 is 2.56 bits per heavy atom. The molecular weight excluding hydrogens is 218 g/mol. The second-order valence-corrected chi connectivity index (χ2v) is 4.54. The monoisotopic (exact) mass is 239 g/mol. The van der Waals surface area contributed by atoms with Gasteiger partial charge in [-0.2, -0.15) is 5.10 Å². The van der Waals surface area contributed by atoms with E-state index in [0.717, 1.165) is 31.4 Å². The van der Waals surface area contributed by atoms with Crippen LogP contribution < -0.4 is 5.73 Å². The number of rotatable bonds is 6. The maximum absolute atomic E-state index is 5.63. The summed E-state index contributed by atoms with van der Waals surface area (Å²) in [6, 6.07) is 2.50. The van der Waals surface area contributed by atoms with Crippen LogP contribution in [0.1, 0.15) is 51.0 Å². The molecule has 0 spiro atoms. The van der Waals surface area contributed by atoms with Crippen molar-refractivity contribution in [3.8, 4) is 0 Å². The molecule has 0 saturated carbocycles. The van der Waals surface area contributed by atoms with Gasteiger partial charge in [0.05, 0.1) is 16.7 Å². The van der Waals surface area contributed by atoms with Crippen LogP contribution in [-0.2, 0) is 12.8 Å². The molecule has 1 rings (SSSR count). The molecule has 0 aliphatic carbocycles. The molecule has 90 valence electrons. The SMILES string of the molecule is CCc1cc(CC)n(C(CC)CC(N)=S)n1. The minimum atomic E-state index is 0.313. The fourth-order valence-corrected chi connectivity index (χ4v) is 2.07. The molecule has 1 heterocycles.